The summed E-state index contributed by atoms with van der Waals surface area (Å²) in [7, 11) is 2.12. The molecule has 74 valence electrons. The van der Waals surface area contributed by atoms with Gasteiger partial charge in [-0.15, -0.1) is 22.9 Å². The third-order valence-corrected chi connectivity index (χ3v) is 2.96. The van der Waals surface area contributed by atoms with Crippen LogP contribution in [0, 0.1) is 0 Å². The minimum absolute atomic E-state index is 0.244. The lowest BCUT2D eigenvalue weighted by Gasteiger charge is -2.16. The number of alkyl halides is 1. The van der Waals surface area contributed by atoms with E-state index in [2.05, 4.69) is 29.5 Å². The molecule has 0 bridgehead atoms. The Hall–Kier alpha value is -0.0500. The minimum atomic E-state index is 0.244. The standard InChI is InChI=1S/C10H16ClNS/c1-9(11)8-12(2)6-5-10-4-3-7-13-10/h3-4,7,9H,5-6,8H2,1-2H3. The number of halogens is 1. The van der Waals surface area contributed by atoms with E-state index in [4.69, 9.17) is 11.6 Å². The average Bonchev–Trinajstić information content (AvgIpc) is 2.51. The second-order valence-electron chi connectivity index (χ2n) is 3.37. The third kappa shape index (κ3) is 4.65. The Bertz CT molecular complexity index is 221. The van der Waals surface area contributed by atoms with Gasteiger partial charge in [0.25, 0.3) is 0 Å². The maximum absolute atomic E-state index is 5.89. The number of hydrogen-bond acceptors (Lipinski definition) is 2. The molecule has 0 aliphatic heterocycles. The summed E-state index contributed by atoms with van der Waals surface area (Å²) in [6.45, 7) is 4.09. The molecule has 0 spiro atoms. The van der Waals surface area contributed by atoms with Crippen LogP contribution in [0.4, 0.5) is 0 Å². The first-order valence-electron chi connectivity index (χ1n) is 4.53. The topological polar surface area (TPSA) is 3.24 Å². The molecule has 0 radical (unpaired) electrons. The summed E-state index contributed by atoms with van der Waals surface area (Å²) in [5.41, 5.74) is 0. The molecule has 1 heterocycles. The van der Waals surface area contributed by atoms with Crippen molar-refractivity contribution in [1.82, 2.24) is 4.90 Å². The van der Waals surface area contributed by atoms with Gasteiger partial charge < -0.3 is 4.90 Å². The van der Waals surface area contributed by atoms with Crippen LogP contribution in [-0.4, -0.2) is 30.4 Å². The van der Waals surface area contributed by atoms with Crippen molar-refractivity contribution in [2.75, 3.05) is 20.1 Å². The van der Waals surface area contributed by atoms with Gasteiger partial charge in [-0.1, -0.05) is 6.07 Å². The summed E-state index contributed by atoms with van der Waals surface area (Å²) in [6.07, 6.45) is 1.14. The predicted molar refractivity (Wildman–Crippen MR) is 60.8 cm³/mol. The number of rotatable bonds is 5. The molecule has 1 unspecified atom stereocenters. The van der Waals surface area contributed by atoms with Gasteiger partial charge in [-0.3, -0.25) is 0 Å². The molecule has 0 N–H and O–H groups in total. The first kappa shape index (κ1) is 11.0. The largest absolute Gasteiger partial charge is 0.305 e. The lowest BCUT2D eigenvalue weighted by Crippen LogP contribution is -2.26. The Morgan fingerprint density at radius 1 is 1.62 bits per heavy atom. The van der Waals surface area contributed by atoms with Gasteiger partial charge in [-0.25, -0.2) is 0 Å². The van der Waals surface area contributed by atoms with Gasteiger partial charge in [-0.05, 0) is 31.8 Å². The Morgan fingerprint density at radius 3 is 2.92 bits per heavy atom. The Kier molecular flexibility index (Phi) is 4.78. The SMILES string of the molecule is CC(Cl)CN(C)CCc1cccs1. The smallest absolute Gasteiger partial charge is 0.0434 e. The Labute approximate surface area is 89.3 Å². The molecule has 0 aliphatic rings. The first-order chi connectivity index (χ1) is 6.18. The summed E-state index contributed by atoms with van der Waals surface area (Å²) in [5, 5.41) is 2.37. The van der Waals surface area contributed by atoms with Gasteiger partial charge in [-0.2, -0.15) is 0 Å². The van der Waals surface area contributed by atoms with Gasteiger partial charge in [0.05, 0.1) is 0 Å². The fraction of sp³-hybridized carbons (Fsp3) is 0.600. The second-order valence-corrected chi connectivity index (χ2v) is 5.15. The number of likely N-dealkylation sites (N-methyl/N-ethyl adjacent to an activating group) is 1. The molecule has 3 heteroatoms. The highest BCUT2D eigenvalue weighted by molar-refractivity contribution is 7.09. The summed E-state index contributed by atoms with van der Waals surface area (Å²) < 4.78 is 0. The highest BCUT2D eigenvalue weighted by atomic mass is 35.5. The molecular formula is C10H16ClNS. The summed E-state index contributed by atoms with van der Waals surface area (Å²) in [4.78, 5) is 3.73. The predicted octanol–water partition coefficient (Wildman–Crippen LogP) is 2.85. The van der Waals surface area contributed by atoms with Crippen LogP contribution in [0.2, 0.25) is 0 Å². The molecule has 1 aromatic heterocycles. The van der Waals surface area contributed by atoms with Crippen LogP contribution in [0.1, 0.15) is 11.8 Å². The second kappa shape index (κ2) is 5.63. The van der Waals surface area contributed by atoms with Crippen LogP contribution < -0.4 is 0 Å². The van der Waals surface area contributed by atoms with Crippen molar-refractivity contribution < 1.29 is 0 Å². The van der Waals surface area contributed by atoms with Crippen LogP contribution in [0.25, 0.3) is 0 Å². The van der Waals surface area contributed by atoms with Crippen LogP contribution in [-0.2, 0) is 6.42 Å². The minimum Gasteiger partial charge on any atom is -0.305 e. The van der Waals surface area contributed by atoms with Gasteiger partial charge >= 0.3 is 0 Å². The first-order valence-corrected chi connectivity index (χ1v) is 5.85. The third-order valence-electron chi connectivity index (χ3n) is 1.88. The van der Waals surface area contributed by atoms with Gasteiger partial charge in [0.15, 0.2) is 0 Å². The monoisotopic (exact) mass is 217 g/mol. The molecule has 1 rings (SSSR count). The summed E-state index contributed by atoms with van der Waals surface area (Å²) >= 11 is 7.72. The fourth-order valence-corrected chi connectivity index (χ4v) is 2.21. The molecule has 0 saturated carbocycles. The van der Waals surface area contributed by atoms with E-state index in [0.717, 1.165) is 19.5 Å². The van der Waals surface area contributed by atoms with Crippen LogP contribution >= 0.6 is 22.9 Å². The number of thiophene rings is 1. The van der Waals surface area contributed by atoms with Gasteiger partial charge in [0.1, 0.15) is 0 Å². The van der Waals surface area contributed by atoms with E-state index in [1.165, 1.54) is 4.88 Å². The van der Waals surface area contributed by atoms with E-state index in [-0.39, 0.29) is 5.38 Å². The summed E-state index contributed by atoms with van der Waals surface area (Å²) in [5.74, 6) is 0. The lowest BCUT2D eigenvalue weighted by atomic mass is 10.3. The number of hydrogen-bond donors (Lipinski definition) is 0. The van der Waals surface area contributed by atoms with Crippen molar-refractivity contribution in [2.45, 2.75) is 18.7 Å². The van der Waals surface area contributed by atoms with Gasteiger partial charge in [0.2, 0.25) is 0 Å². The normalized spacial score (nSPS) is 13.5. The zero-order valence-electron chi connectivity index (χ0n) is 8.16. The molecule has 0 aromatic carbocycles. The van der Waals surface area contributed by atoms with Crippen LogP contribution in [0.3, 0.4) is 0 Å². The molecule has 1 aromatic rings. The quantitative estimate of drug-likeness (QED) is 0.686. The van der Waals surface area contributed by atoms with Crippen molar-refractivity contribution in [1.29, 1.82) is 0 Å². The van der Waals surface area contributed by atoms with Crippen molar-refractivity contribution in [2.24, 2.45) is 0 Å². The molecule has 0 saturated heterocycles. The fourth-order valence-electron chi connectivity index (χ4n) is 1.28. The Balaban J connectivity index is 2.19. The van der Waals surface area contributed by atoms with E-state index >= 15 is 0 Å². The molecular weight excluding hydrogens is 202 g/mol. The van der Waals surface area contributed by atoms with Crippen molar-refractivity contribution in [3.8, 4) is 0 Å². The Morgan fingerprint density at radius 2 is 2.38 bits per heavy atom. The van der Waals surface area contributed by atoms with Crippen molar-refractivity contribution >= 4 is 22.9 Å². The average molecular weight is 218 g/mol. The van der Waals surface area contributed by atoms with Crippen LogP contribution in [0.15, 0.2) is 17.5 Å². The maximum Gasteiger partial charge on any atom is 0.0434 e. The zero-order chi connectivity index (χ0) is 9.68. The van der Waals surface area contributed by atoms with E-state index in [1.54, 1.807) is 0 Å². The molecule has 0 aliphatic carbocycles. The molecule has 0 fully saturated rings. The molecule has 0 amide bonds. The number of nitrogens with zero attached hydrogens (tertiary/aromatic N) is 1. The molecule has 13 heavy (non-hydrogen) atoms. The van der Waals surface area contributed by atoms with E-state index < -0.39 is 0 Å². The molecule has 1 atom stereocenters. The highest BCUT2D eigenvalue weighted by Crippen LogP contribution is 2.09. The van der Waals surface area contributed by atoms with Crippen molar-refractivity contribution in [3.05, 3.63) is 22.4 Å². The maximum atomic E-state index is 5.89. The zero-order valence-corrected chi connectivity index (χ0v) is 9.74. The van der Waals surface area contributed by atoms with E-state index in [0.29, 0.717) is 0 Å². The van der Waals surface area contributed by atoms with Gasteiger partial charge in [0, 0.05) is 23.3 Å². The van der Waals surface area contributed by atoms with E-state index in [1.807, 2.05) is 18.3 Å². The van der Waals surface area contributed by atoms with Crippen LogP contribution in [0.5, 0.6) is 0 Å². The summed E-state index contributed by atoms with van der Waals surface area (Å²) in [6, 6.07) is 4.28. The van der Waals surface area contributed by atoms with Crippen molar-refractivity contribution in [3.63, 3.8) is 0 Å². The van der Waals surface area contributed by atoms with E-state index in [9.17, 15) is 0 Å². The lowest BCUT2D eigenvalue weighted by molar-refractivity contribution is 0.342. The highest BCUT2D eigenvalue weighted by Gasteiger charge is 2.03. The molecule has 1 nitrogen and oxygen atoms in total.